The summed E-state index contributed by atoms with van der Waals surface area (Å²) in [7, 11) is 0. The van der Waals surface area contributed by atoms with Gasteiger partial charge in [-0.15, -0.1) is 11.8 Å². The van der Waals surface area contributed by atoms with E-state index in [1.165, 1.54) is 36.0 Å². The zero-order chi connectivity index (χ0) is 21.6. The van der Waals surface area contributed by atoms with E-state index >= 15 is 0 Å². The molecule has 0 radical (unpaired) electrons. The lowest BCUT2D eigenvalue weighted by molar-refractivity contribution is -0.113. The van der Waals surface area contributed by atoms with E-state index in [1.807, 2.05) is 34.9 Å². The Morgan fingerprint density at radius 2 is 1.55 bits per heavy atom. The average molecular weight is 435 g/mol. The molecule has 3 aromatic carbocycles. The molecule has 0 spiro atoms. The third-order valence-corrected chi connectivity index (χ3v) is 5.60. The molecule has 1 heterocycles. The Bertz CT molecular complexity index is 1160. The van der Waals surface area contributed by atoms with Crippen molar-refractivity contribution >= 4 is 23.5 Å². The van der Waals surface area contributed by atoms with Crippen LogP contribution in [0.15, 0.2) is 90.1 Å². The van der Waals surface area contributed by atoms with Crippen LogP contribution in [0.5, 0.6) is 0 Å². The summed E-state index contributed by atoms with van der Waals surface area (Å²) in [5.41, 5.74) is 2.33. The van der Waals surface area contributed by atoms with E-state index in [-0.39, 0.29) is 23.3 Å². The molecule has 0 fully saturated rings. The normalized spacial score (nSPS) is 10.8. The number of imidazole rings is 1. The SMILES string of the molecule is O=C(CSc1ccc(F)cc1)Nc1c(-c2ccc(F)cc2)ncn1Cc1ccccc1. The molecular formula is C24H19F2N3OS. The van der Waals surface area contributed by atoms with Crippen LogP contribution in [0, 0.1) is 11.6 Å². The molecule has 7 heteroatoms. The van der Waals surface area contributed by atoms with Crippen molar-refractivity contribution in [2.24, 2.45) is 0 Å². The number of aromatic nitrogens is 2. The number of nitrogens with zero attached hydrogens (tertiary/aromatic N) is 2. The monoisotopic (exact) mass is 435 g/mol. The maximum absolute atomic E-state index is 13.4. The van der Waals surface area contributed by atoms with E-state index in [9.17, 15) is 13.6 Å². The Labute approximate surface area is 183 Å². The Balaban J connectivity index is 1.56. The summed E-state index contributed by atoms with van der Waals surface area (Å²) in [6, 6.07) is 21.8. The van der Waals surface area contributed by atoms with E-state index in [2.05, 4.69) is 10.3 Å². The third kappa shape index (κ3) is 5.38. The second kappa shape index (κ2) is 9.57. The van der Waals surface area contributed by atoms with Crippen LogP contribution in [0.3, 0.4) is 0 Å². The fraction of sp³-hybridized carbons (Fsp3) is 0.0833. The lowest BCUT2D eigenvalue weighted by Crippen LogP contribution is -2.17. The number of amides is 1. The summed E-state index contributed by atoms with van der Waals surface area (Å²) in [5.74, 6) is -0.172. The Morgan fingerprint density at radius 3 is 2.23 bits per heavy atom. The second-order valence-corrected chi connectivity index (χ2v) is 7.90. The highest BCUT2D eigenvalue weighted by atomic mass is 32.2. The Kier molecular flexibility index (Phi) is 6.43. The fourth-order valence-electron chi connectivity index (χ4n) is 3.08. The second-order valence-electron chi connectivity index (χ2n) is 6.85. The van der Waals surface area contributed by atoms with Gasteiger partial charge in [0.15, 0.2) is 0 Å². The Morgan fingerprint density at radius 1 is 0.903 bits per heavy atom. The number of halogens is 2. The summed E-state index contributed by atoms with van der Waals surface area (Å²) in [6.07, 6.45) is 1.66. The topological polar surface area (TPSA) is 46.9 Å². The molecule has 0 aliphatic heterocycles. The summed E-state index contributed by atoms with van der Waals surface area (Å²) < 4.78 is 28.3. The average Bonchev–Trinajstić information content (AvgIpc) is 3.16. The number of hydrogen-bond donors (Lipinski definition) is 1. The predicted octanol–water partition coefficient (Wildman–Crippen LogP) is 5.61. The molecule has 0 aliphatic carbocycles. The number of hydrogen-bond acceptors (Lipinski definition) is 3. The maximum Gasteiger partial charge on any atom is 0.235 e. The molecule has 0 aliphatic rings. The van der Waals surface area contributed by atoms with Gasteiger partial charge in [0.25, 0.3) is 0 Å². The highest BCUT2D eigenvalue weighted by Gasteiger charge is 2.16. The summed E-state index contributed by atoms with van der Waals surface area (Å²) in [6.45, 7) is 0.524. The number of anilines is 1. The van der Waals surface area contributed by atoms with Crippen molar-refractivity contribution in [3.05, 3.63) is 102 Å². The van der Waals surface area contributed by atoms with Gasteiger partial charge in [-0.2, -0.15) is 0 Å². The zero-order valence-electron chi connectivity index (χ0n) is 16.5. The van der Waals surface area contributed by atoms with Crippen molar-refractivity contribution in [1.82, 2.24) is 9.55 Å². The molecule has 31 heavy (non-hydrogen) atoms. The van der Waals surface area contributed by atoms with E-state index < -0.39 is 0 Å². The van der Waals surface area contributed by atoms with Gasteiger partial charge in [0.2, 0.25) is 5.91 Å². The fourth-order valence-corrected chi connectivity index (χ4v) is 3.78. The van der Waals surface area contributed by atoms with Gasteiger partial charge in [-0.05, 0) is 54.1 Å². The van der Waals surface area contributed by atoms with Crippen LogP contribution in [0.2, 0.25) is 0 Å². The highest BCUT2D eigenvalue weighted by Crippen LogP contribution is 2.28. The quantitative estimate of drug-likeness (QED) is 0.384. The van der Waals surface area contributed by atoms with E-state index in [0.29, 0.717) is 23.6 Å². The minimum Gasteiger partial charge on any atom is -0.312 e. The number of thioether (sulfide) groups is 1. The first-order valence-corrected chi connectivity index (χ1v) is 10.6. The van der Waals surface area contributed by atoms with Crippen LogP contribution < -0.4 is 5.32 Å². The van der Waals surface area contributed by atoms with Crippen molar-refractivity contribution in [3.8, 4) is 11.3 Å². The van der Waals surface area contributed by atoms with Gasteiger partial charge in [-0.25, -0.2) is 13.8 Å². The molecule has 4 aromatic rings. The van der Waals surface area contributed by atoms with Crippen molar-refractivity contribution in [3.63, 3.8) is 0 Å². The molecule has 0 atom stereocenters. The van der Waals surface area contributed by atoms with Crippen LogP contribution in [0.4, 0.5) is 14.6 Å². The van der Waals surface area contributed by atoms with Crippen molar-refractivity contribution < 1.29 is 13.6 Å². The summed E-state index contributed by atoms with van der Waals surface area (Å²) >= 11 is 1.31. The smallest absolute Gasteiger partial charge is 0.235 e. The van der Waals surface area contributed by atoms with Gasteiger partial charge < -0.3 is 9.88 Å². The maximum atomic E-state index is 13.4. The van der Waals surface area contributed by atoms with E-state index in [1.54, 1.807) is 30.6 Å². The van der Waals surface area contributed by atoms with Crippen molar-refractivity contribution in [2.75, 3.05) is 11.1 Å². The third-order valence-electron chi connectivity index (χ3n) is 4.59. The number of benzene rings is 3. The van der Waals surface area contributed by atoms with Gasteiger partial charge >= 0.3 is 0 Å². The molecule has 0 unspecified atom stereocenters. The molecule has 1 aromatic heterocycles. The van der Waals surface area contributed by atoms with Gasteiger partial charge in [0.05, 0.1) is 18.6 Å². The van der Waals surface area contributed by atoms with Crippen molar-refractivity contribution in [1.29, 1.82) is 0 Å². The van der Waals surface area contributed by atoms with Gasteiger partial charge in [0, 0.05) is 10.5 Å². The number of rotatable bonds is 7. The van der Waals surface area contributed by atoms with Crippen LogP contribution in [-0.4, -0.2) is 21.2 Å². The minimum absolute atomic E-state index is 0.158. The largest absolute Gasteiger partial charge is 0.312 e. The lowest BCUT2D eigenvalue weighted by atomic mass is 10.1. The minimum atomic E-state index is -0.339. The zero-order valence-corrected chi connectivity index (χ0v) is 17.3. The molecule has 156 valence electrons. The molecule has 1 N–H and O–H groups in total. The molecular weight excluding hydrogens is 416 g/mol. The van der Waals surface area contributed by atoms with Gasteiger partial charge in [-0.3, -0.25) is 4.79 Å². The molecule has 0 saturated carbocycles. The predicted molar refractivity (Wildman–Crippen MR) is 119 cm³/mol. The van der Waals surface area contributed by atoms with Crippen LogP contribution in [0.25, 0.3) is 11.3 Å². The van der Waals surface area contributed by atoms with Gasteiger partial charge in [0.1, 0.15) is 23.1 Å². The molecule has 0 bridgehead atoms. The molecule has 4 nitrogen and oxygen atoms in total. The first-order chi connectivity index (χ1) is 15.1. The molecule has 1 amide bonds. The first kappa shape index (κ1) is 20.8. The van der Waals surface area contributed by atoms with E-state index in [0.717, 1.165) is 10.5 Å². The van der Waals surface area contributed by atoms with Crippen LogP contribution >= 0.6 is 11.8 Å². The first-order valence-electron chi connectivity index (χ1n) is 9.62. The van der Waals surface area contributed by atoms with Crippen molar-refractivity contribution in [2.45, 2.75) is 11.4 Å². The van der Waals surface area contributed by atoms with E-state index in [4.69, 9.17) is 0 Å². The summed E-state index contributed by atoms with van der Waals surface area (Å²) in [5, 5.41) is 2.95. The van der Waals surface area contributed by atoms with Crippen LogP contribution in [0.1, 0.15) is 5.56 Å². The molecule has 0 saturated heterocycles. The number of carbonyl (C=O) groups excluding carboxylic acids is 1. The lowest BCUT2D eigenvalue weighted by Gasteiger charge is -2.12. The highest BCUT2D eigenvalue weighted by molar-refractivity contribution is 8.00. The number of carbonyl (C=O) groups is 1. The Hall–Kier alpha value is -3.45. The summed E-state index contributed by atoms with van der Waals surface area (Å²) in [4.78, 5) is 18.0. The van der Waals surface area contributed by atoms with Crippen LogP contribution in [-0.2, 0) is 11.3 Å². The van der Waals surface area contributed by atoms with Gasteiger partial charge in [-0.1, -0.05) is 30.3 Å². The molecule has 4 rings (SSSR count). The standard InChI is InChI=1S/C24H19F2N3OS/c25-19-8-6-18(7-9-19)23-24(29(16-27-23)14-17-4-2-1-3-5-17)28-22(30)15-31-21-12-10-20(26)11-13-21/h1-13,16H,14-15H2,(H,28,30). The number of nitrogens with one attached hydrogen (secondary N) is 1.